The predicted molar refractivity (Wildman–Crippen MR) is 162 cm³/mol. The van der Waals surface area contributed by atoms with E-state index in [1.54, 1.807) is 11.8 Å². The molecule has 2 aromatic carbocycles. The molecule has 0 amide bonds. The number of rotatable bonds is 6. The van der Waals surface area contributed by atoms with Gasteiger partial charge in [0.15, 0.2) is 5.82 Å². The van der Waals surface area contributed by atoms with E-state index in [1.165, 1.54) is 30.5 Å². The molecule has 2 aromatic heterocycles. The van der Waals surface area contributed by atoms with Crippen molar-refractivity contribution >= 4 is 27.5 Å². The maximum atomic E-state index is 16.9. The van der Waals surface area contributed by atoms with Crippen molar-refractivity contribution in [1.82, 2.24) is 25.2 Å². The van der Waals surface area contributed by atoms with Crippen molar-refractivity contribution in [2.45, 2.75) is 69.2 Å². The van der Waals surface area contributed by atoms with Gasteiger partial charge in [-0.05, 0) is 73.2 Å². The molecule has 0 spiro atoms. The molecule has 4 aliphatic heterocycles. The largest absolute Gasteiger partial charge is 0.508 e. The number of halogens is 3. The van der Waals surface area contributed by atoms with Crippen LogP contribution in [0.4, 0.5) is 19.0 Å². The standard InChI is InChI=1S/C33H35F3N6O2/c1-2-23-26(35)7-4-18-10-22(43)11-24(27(18)23)29-28(36)30-25(13-37-29)31(41-15-20-5-6-21(16-41)38-20)40-32(39-30)44-17-33-8-3-9-42(33)14-19(34)12-33/h4,7,10-11,13,19-21,38,43H,2-3,5-6,8-9,12,14-17H2,1H3/t19-,20-,21+,33+/m1/s1/i17D2,19D. The molecule has 6 heterocycles. The van der Waals surface area contributed by atoms with E-state index in [4.69, 9.17) is 8.85 Å². The van der Waals surface area contributed by atoms with Gasteiger partial charge in [0.1, 0.15) is 41.3 Å². The third-order valence-electron chi connectivity index (χ3n) is 9.72. The highest BCUT2D eigenvalue weighted by molar-refractivity contribution is 6.01. The molecule has 8 nitrogen and oxygen atoms in total. The molecule has 0 unspecified atom stereocenters. The Morgan fingerprint density at radius 1 is 1.18 bits per heavy atom. The summed E-state index contributed by atoms with van der Waals surface area (Å²) >= 11 is 0. The molecular formula is C33H35F3N6O2. The van der Waals surface area contributed by atoms with E-state index in [-0.39, 0.29) is 54.0 Å². The first kappa shape index (κ1) is 24.6. The second-order valence-corrected chi connectivity index (χ2v) is 12.5. The van der Waals surface area contributed by atoms with Crippen molar-refractivity contribution in [3.8, 4) is 23.0 Å². The van der Waals surface area contributed by atoms with E-state index in [0.29, 0.717) is 60.0 Å². The lowest BCUT2D eigenvalue weighted by molar-refractivity contribution is 0.107. The van der Waals surface area contributed by atoms with E-state index < -0.39 is 35.9 Å². The summed E-state index contributed by atoms with van der Waals surface area (Å²) in [5.74, 6) is -1.12. The minimum absolute atomic E-state index is 0.144. The number of phenols is 1. The van der Waals surface area contributed by atoms with Crippen molar-refractivity contribution in [3.05, 3.63) is 47.7 Å². The van der Waals surface area contributed by atoms with Gasteiger partial charge in [0.05, 0.1) is 15.0 Å². The minimum Gasteiger partial charge on any atom is -0.508 e. The molecule has 0 aliphatic carbocycles. The van der Waals surface area contributed by atoms with Crippen molar-refractivity contribution in [2.75, 3.05) is 37.6 Å². The zero-order chi connectivity index (χ0) is 32.9. The fraction of sp³-hybridized carbons (Fsp3) is 0.485. The summed E-state index contributed by atoms with van der Waals surface area (Å²) < 4.78 is 78.9. The number of alkyl halides is 1. The molecule has 4 atom stereocenters. The van der Waals surface area contributed by atoms with Crippen LogP contribution in [0.1, 0.15) is 48.7 Å². The summed E-state index contributed by atoms with van der Waals surface area (Å²) in [5.41, 5.74) is -1.19. The van der Waals surface area contributed by atoms with Crippen LogP contribution in [0, 0.1) is 11.6 Å². The van der Waals surface area contributed by atoms with Crippen LogP contribution in [-0.4, -0.2) is 81.5 Å². The fourth-order valence-corrected chi connectivity index (χ4v) is 7.74. The summed E-state index contributed by atoms with van der Waals surface area (Å²) in [4.78, 5) is 17.2. The Morgan fingerprint density at radius 2 is 2.00 bits per heavy atom. The molecule has 4 saturated heterocycles. The maximum Gasteiger partial charge on any atom is 0.319 e. The van der Waals surface area contributed by atoms with Gasteiger partial charge < -0.3 is 20.1 Å². The summed E-state index contributed by atoms with van der Waals surface area (Å²) in [6.45, 7) is 0.644. The lowest BCUT2D eigenvalue weighted by atomic mass is 9.94. The number of hydrogen-bond acceptors (Lipinski definition) is 8. The van der Waals surface area contributed by atoms with Gasteiger partial charge in [0, 0.05) is 49.9 Å². The number of pyridine rings is 1. The predicted octanol–water partition coefficient (Wildman–Crippen LogP) is 5.29. The third kappa shape index (κ3) is 4.46. The van der Waals surface area contributed by atoms with Crippen LogP contribution in [0.2, 0.25) is 0 Å². The Labute approximate surface area is 257 Å². The van der Waals surface area contributed by atoms with Crippen LogP contribution < -0.4 is 15.0 Å². The summed E-state index contributed by atoms with van der Waals surface area (Å²) in [6, 6.07) is 5.66. The lowest BCUT2D eigenvalue weighted by Gasteiger charge is -2.34. The number of benzene rings is 2. The van der Waals surface area contributed by atoms with E-state index in [0.717, 1.165) is 12.8 Å². The zero-order valence-corrected chi connectivity index (χ0v) is 24.3. The van der Waals surface area contributed by atoms with Crippen LogP contribution in [0.15, 0.2) is 30.5 Å². The van der Waals surface area contributed by atoms with Crippen molar-refractivity contribution in [3.63, 3.8) is 0 Å². The van der Waals surface area contributed by atoms with Gasteiger partial charge in [-0.25, -0.2) is 13.2 Å². The Bertz CT molecular complexity index is 1920. The van der Waals surface area contributed by atoms with Gasteiger partial charge in [-0.3, -0.25) is 9.88 Å². The summed E-state index contributed by atoms with van der Waals surface area (Å²) in [7, 11) is 0. The quantitative estimate of drug-likeness (QED) is 0.306. The molecule has 0 saturated carbocycles. The first-order valence-corrected chi connectivity index (χ1v) is 15.3. The molecule has 4 fully saturated rings. The number of phenolic OH excluding ortho intramolecular Hbond substituents is 1. The second-order valence-electron chi connectivity index (χ2n) is 12.5. The van der Waals surface area contributed by atoms with Gasteiger partial charge in [0.2, 0.25) is 0 Å². The van der Waals surface area contributed by atoms with Crippen LogP contribution in [-0.2, 0) is 6.42 Å². The number of aryl methyl sites for hydroxylation is 1. The molecular weight excluding hydrogens is 569 g/mol. The molecule has 4 aliphatic rings. The summed E-state index contributed by atoms with van der Waals surface area (Å²) in [6.07, 6.45) is 1.92. The molecule has 44 heavy (non-hydrogen) atoms. The topological polar surface area (TPSA) is 86.6 Å². The van der Waals surface area contributed by atoms with Crippen LogP contribution in [0.5, 0.6) is 11.8 Å². The first-order valence-electron chi connectivity index (χ1n) is 16.8. The highest BCUT2D eigenvalue weighted by Crippen LogP contribution is 2.42. The summed E-state index contributed by atoms with van der Waals surface area (Å²) in [5, 5.41) is 15.4. The van der Waals surface area contributed by atoms with Gasteiger partial charge >= 0.3 is 6.01 Å². The molecule has 8 rings (SSSR count). The lowest BCUT2D eigenvalue weighted by Crippen LogP contribution is -2.51. The molecule has 11 heteroatoms. The number of ether oxygens (including phenoxy) is 1. The fourth-order valence-electron chi connectivity index (χ4n) is 7.74. The average molecular weight is 608 g/mol. The van der Waals surface area contributed by atoms with Crippen molar-refractivity contribution < 1.29 is 27.1 Å². The average Bonchev–Trinajstić information content (AvgIpc) is 3.66. The van der Waals surface area contributed by atoms with Crippen molar-refractivity contribution in [1.29, 1.82) is 0 Å². The minimum atomic E-state index is -2.51. The number of nitrogens with zero attached hydrogens (tertiary/aromatic N) is 5. The van der Waals surface area contributed by atoms with Gasteiger partial charge in [-0.1, -0.05) is 13.0 Å². The van der Waals surface area contributed by atoms with E-state index >= 15 is 4.39 Å². The maximum absolute atomic E-state index is 16.9. The van der Waals surface area contributed by atoms with Crippen LogP contribution >= 0.6 is 0 Å². The normalized spacial score (nSPS) is 29.6. The van der Waals surface area contributed by atoms with Crippen LogP contribution in [0.3, 0.4) is 0 Å². The number of aromatic hydroxyl groups is 1. The highest BCUT2D eigenvalue weighted by atomic mass is 19.1. The number of piperazine rings is 1. The second kappa shape index (κ2) is 10.4. The molecule has 2 N–H and O–H groups in total. The number of fused-ring (bicyclic) bond motifs is 5. The first-order chi connectivity index (χ1) is 22.4. The van der Waals surface area contributed by atoms with E-state index in [2.05, 4.69) is 20.3 Å². The molecule has 2 bridgehead atoms. The molecule has 4 aromatic rings. The number of anilines is 1. The number of aromatic nitrogens is 3. The smallest absolute Gasteiger partial charge is 0.319 e. The van der Waals surface area contributed by atoms with E-state index in [1.807, 2.05) is 4.90 Å². The monoisotopic (exact) mass is 607 g/mol. The zero-order valence-electron chi connectivity index (χ0n) is 27.3. The van der Waals surface area contributed by atoms with Crippen LogP contribution in [0.25, 0.3) is 32.9 Å². The number of hydrogen-bond donors (Lipinski definition) is 2. The van der Waals surface area contributed by atoms with Crippen molar-refractivity contribution in [2.24, 2.45) is 0 Å². The Balaban J connectivity index is 1.30. The Kier molecular flexibility index (Phi) is 5.84. The van der Waals surface area contributed by atoms with Gasteiger partial charge in [-0.2, -0.15) is 9.97 Å². The Hall–Kier alpha value is -3.70. The Morgan fingerprint density at radius 3 is 2.80 bits per heavy atom. The highest BCUT2D eigenvalue weighted by Gasteiger charge is 2.49. The van der Waals surface area contributed by atoms with E-state index in [9.17, 15) is 13.9 Å². The number of nitrogens with one attached hydrogen (secondary N) is 1. The molecule has 0 radical (unpaired) electrons. The SMILES string of the molecule is [2H]C([2H])(Oc1nc(N2C[C@H]3CC[C@@H](C2)N3)c2cnc(-c3cc(O)cc4ccc(F)c(CC)c34)c(F)c2n1)[C@@]12CCCN1C[C@]([2H])(F)C2. The third-order valence-corrected chi connectivity index (χ3v) is 9.72. The van der Waals surface area contributed by atoms with Gasteiger partial charge in [-0.15, -0.1) is 0 Å². The molecule has 230 valence electrons. The van der Waals surface area contributed by atoms with Gasteiger partial charge in [0.25, 0.3) is 0 Å².